The van der Waals surface area contributed by atoms with Crippen LogP contribution in [0.5, 0.6) is 0 Å². The van der Waals surface area contributed by atoms with Gasteiger partial charge in [-0.3, -0.25) is 0 Å². The van der Waals surface area contributed by atoms with Crippen LogP contribution in [0.3, 0.4) is 0 Å². The molecule has 0 saturated heterocycles. The zero-order chi connectivity index (χ0) is 13.1. The first-order valence-electron chi connectivity index (χ1n) is 5.77. The van der Waals surface area contributed by atoms with Gasteiger partial charge in [-0.2, -0.15) is 0 Å². The van der Waals surface area contributed by atoms with Gasteiger partial charge in [0, 0.05) is 17.1 Å². The lowest BCUT2D eigenvalue weighted by Gasteiger charge is -2.14. The van der Waals surface area contributed by atoms with Gasteiger partial charge in [0.15, 0.2) is 0 Å². The Kier molecular flexibility index (Phi) is 3.62. The van der Waals surface area contributed by atoms with E-state index < -0.39 is 18.2 Å². The molecule has 1 aromatic heterocycles. The van der Waals surface area contributed by atoms with Crippen molar-refractivity contribution in [1.29, 1.82) is 0 Å². The van der Waals surface area contributed by atoms with Crippen LogP contribution in [0.1, 0.15) is 18.5 Å². The zero-order valence-electron chi connectivity index (χ0n) is 10.0. The van der Waals surface area contributed by atoms with Gasteiger partial charge in [-0.05, 0) is 18.6 Å². The number of fused-ring (bicyclic) bond motifs is 1. The summed E-state index contributed by atoms with van der Waals surface area (Å²) < 4.78 is 18.5. The Balaban J connectivity index is 2.28. The number of aromatic amines is 1. The number of para-hydroxylation sites is 1. The smallest absolute Gasteiger partial charge is 0.342 e. The van der Waals surface area contributed by atoms with Crippen molar-refractivity contribution < 1.29 is 13.9 Å². The molecule has 0 aliphatic heterocycles. The SMILES string of the molecule is CCOC(=O)C(F)[C@@H](N)c1c[nH]c2ccccc12. The minimum Gasteiger partial charge on any atom is -0.464 e. The monoisotopic (exact) mass is 250 g/mol. The summed E-state index contributed by atoms with van der Waals surface area (Å²) in [4.78, 5) is 14.3. The summed E-state index contributed by atoms with van der Waals surface area (Å²) >= 11 is 0. The molecule has 0 bridgehead atoms. The van der Waals surface area contributed by atoms with Crippen molar-refractivity contribution in [3.8, 4) is 0 Å². The second kappa shape index (κ2) is 5.18. The third-order valence-corrected chi connectivity index (χ3v) is 2.81. The molecule has 4 nitrogen and oxygen atoms in total. The molecule has 0 aliphatic rings. The minimum atomic E-state index is -1.86. The first kappa shape index (κ1) is 12.6. The highest BCUT2D eigenvalue weighted by atomic mass is 19.1. The molecule has 1 heterocycles. The number of carbonyl (C=O) groups excluding carboxylic acids is 1. The van der Waals surface area contributed by atoms with Crippen molar-refractivity contribution in [2.75, 3.05) is 6.61 Å². The summed E-state index contributed by atoms with van der Waals surface area (Å²) in [5, 5.41) is 0.817. The van der Waals surface area contributed by atoms with E-state index >= 15 is 0 Å². The second-order valence-electron chi connectivity index (χ2n) is 3.97. The van der Waals surface area contributed by atoms with Crippen LogP contribution in [0, 0.1) is 0 Å². The van der Waals surface area contributed by atoms with E-state index in [0.29, 0.717) is 5.56 Å². The van der Waals surface area contributed by atoms with Crippen molar-refractivity contribution in [3.63, 3.8) is 0 Å². The Morgan fingerprint density at radius 3 is 2.94 bits per heavy atom. The molecule has 0 aliphatic carbocycles. The van der Waals surface area contributed by atoms with Gasteiger partial charge in [0.05, 0.1) is 12.6 Å². The largest absolute Gasteiger partial charge is 0.464 e. The van der Waals surface area contributed by atoms with Gasteiger partial charge < -0.3 is 15.5 Å². The molecular formula is C13H15FN2O2. The first-order chi connectivity index (χ1) is 8.65. The topological polar surface area (TPSA) is 68.1 Å². The number of halogens is 1. The standard InChI is InChI=1S/C13H15FN2O2/c1-2-18-13(17)11(14)12(15)9-7-16-10-6-4-3-5-8(9)10/h3-7,11-12,16H,2,15H2,1H3/t11?,12-/m0/s1. The number of carbonyl (C=O) groups is 1. The number of hydrogen-bond acceptors (Lipinski definition) is 3. The van der Waals surface area contributed by atoms with Gasteiger partial charge in [0.25, 0.3) is 0 Å². The third-order valence-electron chi connectivity index (χ3n) is 2.81. The van der Waals surface area contributed by atoms with E-state index in [9.17, 15) is 9.18 Å². The minimum absolute atomic E-state index is 0.139. The number of nitrogens with one attached hydrogen (secondary N) is 1. The maximum absolute atomic E-state index is 13.9. The molecule has 0 radical (unpaired) electrons. The molecule has 1 aromatic carbocycles. The quantitative estimate of drug-likeness (QED) is 0.816. The number of hydrogen-bond donors (Lipinski definition) is 2. The van der Waals surface area contributed by atoms with E-state index in [1.165, 1.54) is 0 Å². The second-order valence-corrected chi connectivity index (χ2v) is 3.97. The number of esters is 1. The lowest BCUT2D eigenvalue weighted by molar-refractivity contribution is -0.149. The van der Waals surface area contributed by atoms with Gasteiger partial charge >= 0.3 is 5.97 Å². The van der Waals surface area contributed by atoms with Gasteiger partial charge in [0.1, 0.15) is 0 Å². The fourth-order valence-electron chi connectivity index (χ4n) is 1.90. The maximum atomic E-state index is 13.9. The fourth-order valence-corrected chi connectivity index (χ4v) is 1.90. The van der Waals surface area contributed by atoms with Crippen LogP contribution in [0.15, 0.2) is 30.5 Å². The third kappa shape index (κ3) is 2.22. The van der Waals surface area contributed by atoms with Crippen molar-refractivity contribution in [3.05, 3.63) is 36.0 Å². The highest BCUT2D eigenvalue weighted by Gasteiger charge is 2.29. The Labute approximate surface area is 104 Å². The summed E-state index contributed by atoms with van der Waals surface area (Å²) in [6.45, 7) is 1.77. The van der Waals surface area contributed by atoms with Crippen molar-refractivity contribution in [1.82, 2.24) is 4.98 Å². The molecule has 0 amide bonds. The normalized spacial score (nSPS) is 14.4. The lowest BCUT2D eigenvalue weighted by atomic mass is 10.0. The molecular weight excluding hydrogens is 235 g/mol. The van der Waals surface area contributed by atoms with Crippen LogP contribution in [0.25, 0.3) is 10.9 Å². The van der Waals surface area contributed by atoms with Crippen molar-refractivity contribution >= 4 is 16.9 Å². The Bertz CT molecular complexity index is 553. The Hall–Kier alpha value is -1.88. The van der Waals surface area contributed by atoms with Crippen molar-refractivity contribution in [2.45, 2.75) is 19.1 Å². The van der Waals surface area contributed by atoms with E-state index in [1.807, 2.05) is 24.3 Å². The highest BCUT2D eigenvalue weighted by Crippen LogP contribution is 2.26. The Morgan fingerprint density at radius 1 is 1.50 bits per heavy atom. The maximum Gasteiger partial charge on any atom is 0.342 e. The number of H-pyrrole nitrogens is 1. The van der Waals surface area contributed by atoms with Gasteiger partial charge in [-0.1, -0.05) is 18.2 Å². The van der Waals surface area contributed by atoms with E-state index in [1.54, 1.807) is 13.1 Å². The zero-order valence-corrected chi connectivity index (χ0v) is 10.0. The molecule has 2 atom stereocenters. The van der Waals surface area contributed by atoms with E-state index in [-0.39, 0.29) is 6.61 Å². The molecule has 96 valence electrons. The van der Waals surface area contributed by atoms with Crippen LogP contribution >= 0.6 is 0 Å². The first-order valence-corrected chi connectivity index (χ1v) is 5.77. The average molecular weight is 250 g/mol. The number of alkyl halides is 1. The van der Waals surface area contributed by atoms with Crippen LogP contribution in [0.2, 0.25) is 0 Å². The fraction of sp³-hybridized carbons (Fsp3) is 0.308. The summed E-state index contributed by atoms with van der Waals surface area (Å²) in [6, 6.07) is 6.37. The average Bonchev–Trinajstić information content (AvgIpc) is 2.81. The molecule has 18 heavy (non-hydrogen) atoms. The summed E-state index contributed by atoms with van der Waals surface area (Å²) in [5.74, 6) is -0.921. The van der Waals surface area contributed by atoms with Gasteiger partial charge in [0.2, 0.25) is 6.17 Å². The molecule has 3 N–H and O–H groups in total. The molecule has 0 saturated carbocycles. The number of benzene rings is 1. The molecule has 0 fully saturated rings. The van der Waals surface area contributed by atoms with E-state index in [4.69, 9.17) is 5.73 Å². The molecule has 2 aromatic rings. The van der Waals surface area contributed by atoms with Crippen LogP contribution in [-0.4, -0.2) is 23.7 Å². The number of ether oxygens (including phenoxy) is 1. The van der Waals surface area contributed by atoms with Crippen LogP contribution in [-0.2, 0) is 9.53 Å². The predicted molar refractivity (Wildman–Crippen MR) is 66.8 cm³/mol. The number of nitrogens with two attached hydrogens (primary N) is 1. The Morgan fingerprint density at radius 2 is 2.22 bits per heavy atom. The number of rotatable bonds is 4. The summed E-state index contributed by atoms with van der Waals surface area (Å²) in [6.07, 6.45) is -0.231. The van der Waals surface area contributed by atoms with E-state index in [0.717, 1.165) is 10.9 Å². The molecule has 1 unspecified atom stereocenters. The molecule has 2 rings (SSSR count). The summed E-state index contributed by atoms with van der Waals surface area (Å²) in [5.41, 5.74) is 7.22. The van der Waals surface area contributed by atoms with Crippen molar-refractivity contribution in [2.24, 2.45) is 5.73 Å². The highest BCUT2D eigenvalue weighted by molar-refractivity contribution is 5.85. The van der Waals surface area contributed by atoms with Crippen LogP contribution < -0.4 is 5.73 Å². The summed E-state index contributed by atoms with van der Waals surface area (Å²) in [7, 11) is 0. The molecule has 0 spiro atoms. The van der Waals surface area contributed by atoms with Gasteiger partial charge in [-0.25, -0.2) is 9.18 Å². The predicted octanol–water partition coefficient (Wildman–Crippen LogP) is 2.07. The lowest BCUT2D eigenvalue weighted by Crippen LogP contribution is -2.31. The van der Waals surface area contributed by atoms with Gasteiger partial charge in [-0.15, -0.1) is 0 Å². The van der Waals surface area contributed by atoms with Crippen LogP contribution in [0.4, 0.5) is 4.39 Å². The van der Waals surface area contributed by atoms with E-state index in [2.05, 4.69) is 9.72 Å². The number of aromatic nitrogens is 1. The molecule has 5 heteroatoms.